The average Bonchev–Trinajstić information content (AvgIpc) is 3.38. The van der Waals surface area contributed by atoms with Crippen LogP contribution in [0.1, 0.15) is 53.7 Å². The van der Waals surface area contributed by atoms with Gasteiger partial charge in [-0.15, -0.1) is 23.1 Å². The summed E-state index contributed by atoms with van der Waals surface area (Å²) in [6.07, 6.45) is 2.92. The van der Waals surface area contributed by atoms with Gasteiger partial charge in [-0.05, 0) is 51.0 Å². The monoisotopic (exact) mass is 447 g/mol. The van der Waals surface area contributed by atoms with E-state index in [1.807, 2.05) is 24.4 Å². The standard InChI is InChI=1S/C21H25N3O4S2/c1-13(19(25)24-21(27)23-16-5-3-4-6-16)28-20(26)15-7-9-18(10-8-15)30-12-17-11-29-14(2)22-17/h7-11,13,16H,3-6,12H2,1-2H3,(H2,23,24,25,27)/t13-/m0/s1. The summed E-state index contributed by atoms with van der Waals surface area (Å²) in [7, 11) is 0. The fourth-order valence-corrected chi connectivity index (χ4v) is 4.62. The number of rotatable bonds is 7. The number of thioether (sulfide) groups is 1. The minimum Gasteiger partial charge on any atom is -0.449 e. The number of aromatic nitrogens is 1. The third-order valence-corrected chi connectivity index (χ3v) is 6.59. The van der Waals surface area contributed by atoms with E-state index in [0.29, 0.717) is 5.56 Å². The Morgan fingerprint density at radius 1 is 1.23 bits per heavy atom. The van der Waals surface area contributed by atoms with E-state index >= 15 is 0 Å². The highest BCUT2D eigenvalue weighted by atomic mass is 32.2. The summed E-state index contributed by atoms with van der Waals surface area (Å²) in [5.41, 5.74) is 1.38. The summed E-state index contributed by atoms with van der Waals surface area (Å²) < 4.78 is 5.19. The summed E-state index contributed by atoms with van der Waals surface area (Å²) in [6.45, 7) is 3.42. The molecule has 3 amide bonds. The smallest absolute Gasteiger partial charge is 0.338 e. The first kappa shape index (κ1) is 22.3. The molecule has 1 saturated carbocycles. The lowest BCUT2D eigenvalue weighted by molar-refractivity contribution is -0.127. The van der Waals surface area contributed by atoms with E-state index in [1.54, 1.807) is 35.2 Å². The van der Waals surface area contributed by atoms with Crippen molar-refractivity contribution in [1.29, 1.82) is 0 Å². The van der Waals surface area contributed by atoms with Gasteiger partial charge >= 0.3 is 12.0 Å². The van der Waals surface area contributed by atoms with E-state index in [1.165, 1.54) is 6.92 Å². The van der Waals surface area contributed by atoms with Crippen molar-refractivity contribution in [2.75, 3.05) is 0 Å². The van der Waals surface area contributed by atoms with E-state index < -0.39 is 24.0 Å². The first-order chi connectivity index (χ1) is 14.4. The van der Waals surface area contributed by atoms with Gasteiger partial charge in [0, 0.05) is 22.1 Å². The number of carbonyl (C=O) groups excluding carboxylic acids is 3. The summed E-state index contributed by atoms with van der Waals surface area (Å²) in [6, 6.07) is 6.54. The number of hydrogen-bond donors (Lipinski definition) is 2. The lowest BCUT2D eigenvalue weighted by Gasteiger charge is -2.15. The molecule has 2 N–H and O–H groups in total. The molecule has 0 radical (unpaired) electrons. The van der Waals surface area contributed by atoms with Gasteiger partial charge in [0.2, 0.25) is 0 Å². The minimum absolute atomic E-state index is 0.103. The number of carbonyl (C=O) groups is 3. The Morgan fingerprint density at radius 2 is 1.93 bits per heavy atom. The number of imide groups is 1. The molecule has 0 bridgehead atoms. The van der Waals surface area contributed by atoms with Gasteiger partial charge in [-0.3, -0.25) is 10.1 Å². The number of urea groups is 1. The van der Waals surface area contributed by atoms with Gasteiger partial charge < -0.3 is 10.1 Å². The molecular formula is C21H25N3O4S2. The highest BCUT2D eigenvalue weighted by Crippen LogP contribution is 2.24. The van der Waals surface area contributed by atoms with Gasteiger partial charge in [0.15, 0.2) is 6.10 Å². The molecule has 0 saturated heterocycles. The van der Waals surface area contributed by atoms with Gasteiger partial charge in [-0.25, -0.2) is 14.6 Å². The second kappa shape index (κ2) is 10.6. The lowest BCUT2D eigenvalue weighted by Crippen LogP contribution is -2.47. The van der Waals surface area contributed by atoms with E-state index in [9.17, 15) is 14.4 Å². The number of esters is 1. The molecule has 2 aromatic rings. The maximum absolute atomic E-state index is 12.3. The summed E-state index contributed by atoms with van der Waals surface area (Å²) in [5, 5.41) is 8.07. The lowest BCUT2D eigenvalue weighted by atomic mass is 10.2. The second-order valence-corrected chi connectivity index (χ2v) is 9.27. The number of ether oxygens (including phenoxy) is 1. The number of nitrogens with one attached hydrogen (secondary N) is 2. The van der Waals surface area contributed by atoms with Gasteiger partial charge in [-0.2, -0.15) is 0 Å². The van der Waals surface area contributed by atoms with Crippen molar-refractivity contribution < 1.29 is 19.1 Å². The maximum Gasteiger partial charge on any atom is 0.338 e. The molecule has 1 aromatic heterocycles. The Hall–Kier alpha value is -2.39. The highest BCUT2D eigenvalue weighted by molar-refractivity contribution is 7.98. The summed E-state index contributed by atoms with van der Waals surface area (Å²) in [4.78, 5) is 41.7. The number of aryl methyl sites for hydroxylation is 1. The number of thiazole rings is 1. The molecule has 0 unspecified atom stereocenters. The zero-order valence-electron chi connectivity index (χ0n) is 17.0. The predicted molar refractivity (Wildman–Crippen MR) is 117 cm³/mol. The van der Waals surface area contributed by atoms with Crippen molar-refractivity contribution in [2.24, 2.45) is 0 Å². The maximum atomic E-state index is 12.3. The quantitative estimate of drug-likeness (QED) is 0.491. The topological polar surface area (TPSA) is 97.4 Å². The third-order valence-electron chi connectivity index (χ3n) is 4.72. The number of amides is 3. The number of hydrogen-bond acceptors (Lipinski definition) is 7. The Bertz CT molecular complexity index is 892. The van der Waals surface area contributed by atoms with Crippen LogP contribution in [0.2, 0.25) is 0 Å². The summed E-state index contributed by atoms with van der Waals surface area (Å²) >= 11 is 3.25. The molecule has 1 aliphatic carbocycles. The van der Waals surface area contributed by atoms with Crippen molar-refractivity contribution in [3.63, 3.8) is 0 Å². The summed E-state index contributed by atoms with van der Waals surface area (Å²) in [5.74, 6) is -0.501. The molecule has 30 heavy (non-hydrogen) atoms. The number of nitrogens with zero attached hydrogens (tertiary/aromatic N) is 1. The van der Waals surface area contributed by atoms with Crippen LogP contribution in [0, 0.1) is 6.92 Å². The van der Waals surface area contributed by atoms with Gasteiger partial charge in [0.1, 0.15) is 0 Å². The second-order valence-electron chi connectivity index (χ2n) is 7.16. The molecule has 9 heteroatoms. The van der Waals surface area contributed by atoms with E-state index in [-0.39, 0.29) is 6.04 Å². The molecule has 1 aromatic carbocycles. The van der Waals surface area contributed by atoms with Crippen molar-refractivity contribution in [3.8, 4) is 0 Å². The molecule has 0 spiro atoms. The van der Waals surface area contributed by atoms with Crippen molar-refractivity contribution in [3.05, 3.63) is 45.9 Å². The molecule has 1 aliphatic rings. The van der Waals surface area contributed by atoms with Crippen molar-refractivity contribution in [2.45, 2.75) is 62.3 Å². The SMILES string of the molecule is Cc1nc(CSc2ccc(C(=O)O[C@@H](C)C(=O)NC(=O)NC3CCCC3)cc2)cs1. The van der Waals surface area contributed by atoms with Gasteiger partial charge in [0.25, 0.3) is 5.91 Å². The van der Waals surface area contributed by atoms with Crippen LogP contribution in [0.25, 0.3) is 0 Å². The van der Waals surface area contributed by atoms with E-state index in [2.05, 4.69) is 15.6 Å². The minimum atomic E-state index is -1.08. The molecule has 1 atom stereocenters. The third kappa shape index (κ3) is 6.56. The van der Waals surface area contributed by atoms with E-state index in [0.717, 1.165) is 47.0 Å². The van der Waals surface area contributed by atoms with Crippen molar-refractivity contribution >= 4 is 41.0 Å². The Kier molecular flexibility index (Phi) is 7.87. The normalized spacial score (nSPS) is 14.9. The van der Waals surface area contributed by atoms with E-state index in [4.69, 9.17) is 4.74 Å². The Balaban J connectivity index is 1.44. The van der Waals surface area contributed by atoms with Crippen LogP contribution in [0.5, 0.6) is 0 Å². The molecule has 0 aliphatic heterocycles. The highest BCUT2D eigenvalue weighted by Gasteiger charge is 2.23. The van der Waals surface area contributed by atoms with Crippen LogP contribution >= 0.6 is 23.1 Å². The zero-order chi connectivity index (χ0) is 21.5. The molecule has 7 nitrogen and oxygen atoms in total. The largest absolute Gasteiger partial charge is 0.449 e. The van der Waals surface area contributed by atoms with Crippen LogP contribution in [0.15, 0.2) is 34.5 Å². The Labute approximate surface area is 184 Å². The molecule has 1 heterocycles. The van der Waals surface area contributed by atoms with Gasteiger partial charge in [-0.1, -0.05) is 12.8 Å². The van der Waals surface area contributed by atoms with Crippen LogP contribution in [0.4, 0.5) is 4.79 Å². The zero-order valence-corrected chi connectivity index (χ0v) is 18.6. The van der Waals surface area contributed by atoms with Crippen LogP contribution in [-0.2, 0) is 15.3 Å². The van der Waals surface area contributed by atoms with Gasteiger partial charge in [0.05, 0.1) is 16.3 Å². The van der Waals surface area contributed by atoms with Crippen LogP contribution in [-0.4, -0.2) is 35.0 Å². The molecular weight excluding hydrogens is 422 g/mol. The molecule has 160 valence electrons. The van der Waals surface area contributed by atoms with Crippen molar-refractivity contribution in [1.82, 2.24) is 15.6 Å². The molecule has 3 rings (SSSR count). The predicted octanol–water partition coefficient (Wildman–Crippen LogP) is 4.06. The first-order valence-corrected chi connectivity index (χ1v) is 11.7. The Morgan fingerprint density at radius 3 is 2.57 bits per heavy atom. The average molecular weight is 448 g/mol. The fraction of sp³-hybridized carbons (Fsp3) is 0.429. The van der Waals surface area contributed by atoms with Crippen LogP contribution in [0.3, 0.4) is 0 Å². The van der Waals surface area contributed by atoms with Crippen LogP contribution < -0.4 is 10.6 Å². The molecule has 1 fully saturated rings. The number of benzene rings is 1. The first-order valence-electron chi connectivity index (χ1n) is 9.87. The fourth-order valence-electron chi connectivity index (χ4n) is 3.11.